The van der Waals surface area contributed by atoms with Gasteiger partial charge in [0.25, 0.3) is 10.0 Å². The fourth-order valence-electron chi connectivity index (χ4n) is 2.94. The summed E-state index contributed by atoms with van der Waals surface area (Å²) in [7, 11) is -2.57. The molecule has 1 atom stereocenters. The summed E-state index contributed by atoms with van der Waals surface area (Å²) in [4.78, 5) is 0.142. The molecule has 0 aliphatic carbocycles. The zero-order valence-electron chi connectivity index (χ0n) is 17.8. The van der Waals surface area contributed by atoms with Gasteiger partial charge in [0.1, 0.15) is 6.73 Å². The molecule has 7 nitrogen and oxygen atoms in total. The molecule has 1 aromatic heterocycles. The number of sulfonamides is 1. The molecule has 0 radical (unpaired) electrons. The second-order valence-electron chi connectivity index (χ2n) is 6.98. The first-order valence-electron chi connectivity index (χ1n) is 9.64. The number of nitrogens with zero attached hydrogens (tertiary/aromatic N) is 2. The van der Waals surface area contributed by atoms with Crippen molar-refractivity contribution >= 4 is 31.8 Å². The van der Waals surface area contributed by atoms with Crippen LogP contribution in [0.3, 0.4) is 0 Å². The second kappa shape index (κ2) is 9.95. The summed E-state index contributed by atoms with van der Waals surface area (Å²) >= 11 is 3.43. The molecule has 166 valence electrons. The zero-order valence-corrected chi connectivity index (χ0v) is 20.2. The smallest absolute Gasteiger partial charge is 0.269 e. The van der Waals surface area contributed by atoms with Crippen molar-refractivity contribution in [2.24, 2.45) is 0 Å². The van der Waals surface area contributed by atoms with Gasteiger partial charge in [-0.15, -0.1) is 0 Å². The fourth-order valence-corrected chi connectivity index (χ4v) is 4.85. The molecule has 0 aliphatic heterocycles. The summed E-state index contributed by atoms with van der Waals surface area (Å²) < 4.78 is 44.8. The van der Waals surface area contributed by atoms with Gasteiger partial charge >= 0.3 is 0 Å². The van der Waals surface area contributed by atoms with Crippen LogP contribution < -0.4 is 4.31 Å². The van der Waals surface area contributed by atoms with Gasteiger partial charge in [0, 0.05) is 23.6 Å². The number of hydrogen-bond donors (Lipinski definition) is 0. The molecule has 0 fully saturated rings. The van der Waals surface area contributed by atoms with E-state index in [2.05, 4.69) is 21.1 Å². The van der Waals surface area contributed by atoms with E-state index in [4.69, 9.17) is 14.0 Å². The van der Waals surface area contributed by atoms with Crippen LogP contribution >= 0.6 is 15.9 Å². The van der Waals surface area contributed by atoms with Crippen molar-refractivity contribution in [2.45, 2.75) is 37.3 Å². The van der Waals surface area contributed by atoms with Gasteiger partial charge in [-0.2, -0.15) is 0 Å². The zero-order chi connectivity index (χ0) is 22.6. The third-order valence-electron chi connectivity index (χ3n) is 4.99. The highest BCUT2D eigenvalue weighted by Crippen LogP contribution is 2.34. The van der Waals surface area contributed by atoms with Crippen LogP contribution in [0.4, 0.5) is 5.88 Å². The van der Waals surface area contributed by atoms with Crippen molar-refractivity contribution < 1.29 is 22.4 Å². The van der Waals surface area contributed by atoms with Crippen molar-refractivity contribution in [3.63, 3.8) is 0 Å². The Morgan fingerprint density at radius 3 is 2.39 bits per heavy atom. The Morgan fingerprint density at radius 2 is 1.81 bits per heavy atom. The summed E-state index contributed by atoms with van der Waals surface area (Å²) in [5.41, 5.74) is 3.70. The molecule has 0 N–H and O–H groups in total. The van der Waals surface area contributed by atoms with Crippen LogP contribution in [0.15, 0.2) is 57.9 Å². The normalized spacial score (nSPS) is 12.7. The number of halogens is 1. The SMILES string of the molecule is COC(C)OCN(c1onc(C)c1C)S(=O)(=O)c1ccccc1-c1ccc(CBr)cc1. The van der Waals surface area contributed by atoms with Gasteiger partial charge in [0.2, 0.25) is 5.88 Å². The van der Waals surface area contributed by atoms with E-state index in [0.717, 1.165) is 20.8 Å². The quantitative estimate of drug-likeness (QED) is 0.298. The van der Waals surface area contributed by atoms with E-state index in [0.29, 0.717) is 16.8 Å². The first-order chi connectivity index (χ1) is 14.8. The molecule has 1 heterocycles. The van der Waals surface area contributed by atoms with Gasteiger partial charge in [0.15, 0.2) is 6.29 Å². The molecule has 0 spiro atoms. The Hall–Kier alpha value is -2.20. The highest BCUT2D eigenvalue weighted by molar-refractivity contribution is 9.08. The Bertz CT molecular complexity index is 1130. The van der Waals surface area contributed by atoms with Crippen LogP contribution in [-0.2, 0) is 24.8 Å². The van der Waals surface area contributed by atoms with Crippen LogP contribution in [0, 0.1) is 13.8 Å². The van der Waals surface area contributed by atoms with Crippen molar-refractivity contribution in [1.29, 1.82) is 0 Å². The summed E-state index contributed by atoms with van der Waals surface area (Å²) in [5, 5.41) is 4.64. The molecule has 3 aromatic rings. The van der Waals surface area contributed by atoms with Crippen LogP contribution in [-0.4, -0.2) is 33.7 Å². The van der Waals surface area contributed by atoms with Gasteiger partial charge in [-0.3, -0.25) is 0 Å². The highest BCUT2D eigenvalue weighted by atomic mass is 79.9. The Kier molecular flexibility index (Phi) is 7.53. The third-order valence-corrected chi connectivity index (χ3v) is 7.40. The average molecular weight is 509 g/mol. The molecule has 0 aliphatic rings. The van der Waals surface area contributed by atoms with E-state index < -0.39 is 16.3 Å². The van der Waals surface area contributed by atoms with Crippen molar-refractivity contribution in [2.75, 3.05) is 18.1 Å². The van der Waals surface area contributed by atoms with Gasteiger partial charge in [-0.05, 0) is 38.0 Å². The number of ether oxygens (including phenoxy) is 2. The lowest BCUT2D eigenvalue weighted by atomic mass is 10.0. The number of benzene rings is 2. The summed E-state index contributed by atoms with van der Waals surface area (Å²) in [5.74, 6) is 0.116. The predicted octanol–water partition coefficient (Wildman–Crippen LogP) is 5.02. The molecule has 1 unspecified atom stereocenters. The summed E-state index contributed by atoms with van der Waals surface area (Å²) in [6, 6.07) is 14.6. The molecule has 0 saturated carbocycles. The van der Waals surface area contributed by atoms with Crippen LogP contribution in [0.5, 0.6) is 0 Å². The number of aryl methyl sites for hydroxylation is 1. The Balaban J connectivity index is 2.10. The number of rotatable bonds is 9. The average Bonchev–Trinajstić information content (AvgIpc) is 3.11. The number of aromatic nitrogens is 1. The molecule has 0 saturated heterocycles. The van der Waals surface area contributed by atoms with Crippen LogP contribution in [0.2, 0.25) is 0 Å². The van der Waals surface area contributed by atoms with E-state index in [9.17, 15) is 8.42 Å². The van der Waals surface area contributed by atoms with E-state index in [1.807, 2.05) is 30.3 Å². The number of alkyl halides is 1. The van der Waals surface area contributed by atoms with Crippen molar-refractivity contribution in [1.82, 2.24) is 5.16 Å². The van der Waals surface area contributed by atoms with E-state index in [1.54, 1.807) is 39.0 Å². The third kappa shape index (κ3) is 5.01. The van der Waals surface area contributed by atoms with Gasteiger partial charge < -0.3 is 14.0 Å². The summed E-state index contributed by atoms with van der Waals surface area (Å²) in [6.45, 7) is 4.91. The first kappa shape index (κ1) is 23.5. The number of hydrogen-bond acceptors (Lipinski definition) is 6. The van der Waals surface area contributed by atoms with Crippen LogP contribution in [0.1, 0.15) is 23.7 Å². The highest BCUT2D eigenvalue weighted by Gasteiger charge is 2.32. The largest absolute Gasteiger partial charge is 0.356 e. The lowest BCUT2D eigenvalue weighted by Crippen LogP contribution is -2.35. The minimum absolute atomic E-state index is 0.116. The molecule has 0 amide bonds. The lowest BCUT2D eigenvalue weighted by molar-refractivity contribution is -0.108. The monoisotopic (exact) mass is 508 g/mol. The van der Waals surface area contributed by atoms with E-state index in [-0.39, 0.29) is 17.5 Å². The minimum Gasteiger partial charge on any atom is -0.356 e. The number of methoxy groups -OCH3 is 1. The fraction of sp³-hybridized carbons (Fsp3) is 0.318. The standard InChI is InChI=1S/C22H25BrN2O5S/c1-15-16(2)24-30-22(15)25(14-29-17(3)28-4)31(26,27)21-8-6-5-7-20(21)19-11-9-18(13-23)10-12-19/h5-12,17H,13-14H2,1-4H3. The molecular weight excluding hydrogens is 484 g/mol. The molecular formula is C22H25BrN2O5S. The second-order valence-corrected chi connectivity index (χ2v) is 9.37. The van der Waals surface area contributed by atoms with Gasteiger partial charge in [0.05, 0.1) is 10.6 Å². The first-order valence-corrected chi connectivity index (χ1v) is 12.2. The molecule has 0 bridgehead atoms. The number of anilines is 1. The van der Waals surface area contributed by atoms with Gasteiger partial charge in [-0.25, -0.2) is 12.7 Å². The van der Waals surface area contributed by atoms with E-state index in [1.165, 1.54) is 7.11 Å². The Labute approximate surface area is 191 Å². The molecule has 3 rings (SSSR count). The predicted molar refractivity (Wildman–Crippen MR) is 123 cm³/mol. The van der Waals surface area contributed by atoms with Crippen molar-refractivity contribution in [3.8, 4) is 11.1 Å². The maximum absolute atomic E-state index is 13.8. The molecule has 2 aromatic carbocycles. The Morgan fingerprint density at radius 1 is 1.13 bits per heavy atom. The topological polar surface area (TPSA) is 81.9 Å². The summed E-state index contributed by atoms with van der Waals surface area (Å²) in [6.07, 6.45) is -0.603. The van der Waals surface area contributed by atoms with Crippen LogP contribution in [0.25, 0.3) is 11.1 Å². The minimum atomic E-state index is -4.05. The van der Waals surface area contributed by atoms with Crippen molar-refractivity contribution in [3.05, 3.63) is 65.4 Å². The van der Waals surface area contributed by atoms with Gasteiger partial charge in [-0.1, -0.05) is 63.6 Å². The molecule has 31 heavy (non-hydrogen) atoms. The maximum atomic E-state index is 13.8. The van der Waals surface area contributed by atoms with E-state index >= 15 is 0 Å². The maximum Gasteiger partial charge on any atom is 0.269 e. The lowest BCUT2D eigenvalue weighted by Gasteiger charge is -2.24. The molecule has 9 heteroatoms.